The Labute approximate surface area is 104 Å². The quantitative estimate of drug-likeness (QED) is 0.771. The van der Waals surface area contributed by atoms with Crippen molar-refractivity contribution in [3.05, 3.63) is 41.6 Å². The van der Waals surface area contributed by atoms with Crippen LogP contribution in [-0.2, 0) is 0 Å². The molecule has 88 valence electrons. The third-order valence-corrected chi connectivity index (χ3v) is 3.06. The van der Waals surface area contributed by atoms with Gasteiger partial charge in [-0.25, -0.2) is 0 Å². The van der Waals surface area contributed by atoms with Crippen molar-refractivity contribution >= 4 is 5.78 Å². The van der Waals surface area contributed by atoms with Crippen LogP contribution in [0.2, 0.25) is 0 Å². The standard InChI is InChI=1S/C14H10N2O2/c15-7-9-1-3-11(4-2-9)14-12(8-16-18-14)13(17)10-5-6-10/h1-4,8,10H,5-6H2. The van der Waals surface area contributed by atoms with Crippen molar-refractivity contribution < 1.29 is 9.32 Å². The highest BCUT2D eigenvalue weighted by Gasteiger charge is 2.33. The van der Waals surface area contributed by atoms with E-state index in [2.05, 4.69) is 11.2 Å². The predicted molar refractivity (Wildman–Crippen MR) is 63.7 cm³/mol. The second kappa shape index (κ2) is 4.11. The van der Waals surface area contributed by atoms with Crippen LogP contribution in [0.4, 0.5) is 0 Å². The minimum Gasteiger partial charge on any atom is -0.356 e. The van der Waals surface area contributed by atoms with Gasteiger partial charge in [0.2, 0.25) is 0 Å². The van der Waals surface area contributed by atoms with Crippen molar-refractivity contribution in [1.29, 1.82) is 5.26 Å². The minimum absolute atomic E-state index is 0.107. The molecule has 0 saturated heterocycles. The number of carbonyl (C=O) groups excluding carboxylic acids is 1. The maximum Gasteiger partial charge on any atom is 0.177 e. The van der Waals surface area contributed by atoms with Gasteiger partial charge in [-0.3, -0.25) is 4.79 Å². The van der Waals surface area contributed by atoms with E-state index in [1.165, 1.54) is 6.20 Å². The van der Waals surface area contributed by atoms with Crippen LogP contribution in [0.25, 0.3) is 11.3 Å². The van der Waals surface area contributed by atoms with Gasteiger partial charge in [0.15, 0.2) is 11.5 Å². The van der Waals surface area contributed by atoms with E-state index in [0.29, 0.717) is 16.9 Å². The topological polar surface area (TPSA) is 66.9 Å². The highest BCUT2D eigenvalue weighted by atomic mass is 16.5. The Balaban J connectivity index is 1.98. The molecular formula is C14H10N2O2. The fourth-order valence-electron chi connectivity index (χ4n) is 1.88. The maximum absolute atomic E-state index is 12.0. The van der Waals surface area contributed by atoms with E-state index in [-0.39, 0.29) is 11.7 Å². The summed E-state index contributed by atoms with van der Waals surface area (Å²) < 4.78 is 5.17. The summed E-state index contributed by atoms with van der Waals surface area (Å²) in [7, 11) is 0. The monoisotopic (exact) mass is 238 g/mol. The number of benzene rings is 1. The van der Waals surface area contributed by atoms with Gasteiger partial charge < -0.3 is 4.52 Å². The van der Waals surface area contributed by atoms with Gasteiger partial charge in [-0.15, -0.1) is 0 Å². The molecule has 4 nitrogen and oxygen atoms in total. The molecule has 0 atom stereocenters. The number of hydrogen-bond acceptors (Lipinski definition) is 4. The summed E-state index contributed by atoms with van der Waals surface area (Å²) >= 11 is 0. The van der Waals surface area contributed by atoms with Gasteiger partial charge in [-0.2, -0.15) is 5.26 Å². The fraction of sp³-hybridized carbons (Fsp3) is 0.214. The lowest BCUT2D eigenvalue weighted by Crippen LogP contribution is -2.01. The molecule has 4 heteroatoms. The number of nitrogens with zero attached hydrogens (tertiary/aromatic N) is 2. The minimum atomic E-state index is 0.107. The summed E-state index contributed by atoms with van der Waals surface area (Å²) in [5, 5.41) is 12.5. The van der Waals surface area contributed by atoms with E-state index in [9.17, 15) is 4.79 Å². The van der Waals surface area contributed by atoms with Gasteiger partial charge in [0, 0.05) is 11.5 Å². The van der Waals surface area contributed by atoms with Gasteiger partial charge in [0.05, 0.1) is 23.4 Å². The zero-order chi connectivity index (χ0) is 12.5. The third kappa shape index (κ3) is 1.80. The third-order valence-electron chi connectivity index (χ3n) is 3.06. The van der Waals surface area contributed by atoms with Gasteiger partial charge in [0.25, 0.3) is 0 Å². The number of nitriles is 1. The van der Waals surface area contributed by atoms with E-state index >= 15 is 0 Å². The summed E-state index contributed by atoms with van der Waals surface area (Å²) in [4.78, 5) is 12.0. The Bertz CT molecular complexity index is 631. The van der Waals surface area contributed by atoms with Crippen LogP contribution in [0.5, 0.6) is 0 Å². The Morgan fingerprint density at radius 1 is 1.33 bits per heavy atom. The van der Waals surface area contributed by atoms with Crippen molar-refractivity contribution in [2.75, 3.05) is 0 Å². The molecule has 1 saturated carbocycles. The van der Waals surface area contributed by atoms with E-state index < -0.39 is 0 Å². The largest absolute Gasteiger partial charge is 0.356 e. The van der Waals surface area contributed by atoms with Gasteiger partial charge in [-0.05, 0) is 37.1 Å². The van der Waals surface area contributed by atoms with Crippen molar-refractivity contribution in [2.24, 2.45) is 5.92 Å². The van der Waals surface area contributed by atoms with Crippen LogP contribution < -0.4 is 0 Å². The lowest BCUT2D eigenvalue weighted by Gasteiger charge is -1.99. The highest BCUT2D eigenvalue weighted by Crippen LogP contribution is 2.35. The molecule has 3 rings (SSSR count). The Hall–Kier alpha value is -2.41. The molecular weight excluding hydrogens is 228 g/mol. The van der Waals surface area contributed by atoms with Crippen molar-refractivity contribution in [3.8, 4) is 17.4 Å². The van der Waals surface area contributed by atoms with E-state index in [1.54, 1.807) is 24.3 Å². The maximum atomic E-state index is 12.0. The smallest absolute Gasteiger partial charge is 0.177 e. The Morgan fingerprint density at radius 2 is 2.06 bits per heavy atom. The predicted octanol–water partition coefficient (Wildman–Crippen LogP) is 2.81. The molecule has 1 heterocycles. The van der Waals surface area contributed by atoms with E-state index in [4.69, 9.17) is 9.78 Å². The molecule has 0 unspecified atom stereocenters. The molecule has 0 spiro atoms. The van der Waals surface area contributed by atoms with E-state index in [1.807, 2.05) is 0 Å². The van der Waals surface area contributed by atoms with Crippen LogP contribution in [0, 0.1) is 17.2 Å². The average Bonchev–Trinajstić information content (AvgIpc) is 3.15. The van der Waals surface area contributed by atoms with Crippen LogP contribution in [0.15, 0.2) is 35.0 Å². The van der Waals surface area contributed by atoms with Crippen molar-refractivity contribution in [1.82, 2.24) is 5.16 Å². The highest BCUT2D eigenvalue weighted by molar-refractivity contribution is 6.03. The lowest BCUT2D eigenvalue weighted by atomic mass is 10.0. The number of hydrogen-bond donors (Lipinski definition) is 0. The fourth-order valence-corrected chi connectivity index (χ4v) is 1.88. The second-order valence-corrected chi connectivity index (χ2v) is 4.40. The molecule has 0 amide bonds. The number of carbonyl (C=O) groups is 1. The summed E-state index contributed by atoms with van der Waals surface area (Å²) in [6, 6.07) is 8.98. The molecule has 2 aromatic rings. The molecule has 0 bridgehead atoms. The van der Waals surface area contributed by atoms with Crippen molar-refractivity contribution in [3.63, 3.8) is 0 Å². The zero-order valence-corrected chi connectivity index (χ0v) is 9.59. The molecule has 1 aliphatic carbocycles. The van der Waals surface area contributed by atoms with Gasteiger partial charge >= 0.3 is 0 Å². The molecule has 1 fully saturated rings. The lowest BCUT2D eigenvalue weighted by molar-refractivity contribution is 0.0968. The molecule has 1 aromatic heterocycles. The molecule has 0 radical (unpaired) electrons. The summed E-state index contributed by atoms with van der Waals surface area (Å²) in [5.41, 5.74) is 1.89. The second-order valence-electron chi connectivity index (χ2n) is 4.40. The summed E-state index contributed by atoms with van der Waals surface area (Å²) in [6.45, 7) is 0. The molecule has 0 N–H and O–H groups in total. The first kappa shape index (κ1) is 10.7. The molecule has 1 aromatic carbocycles. The SMILES string of the molecule is N#Cc1ccc(-c2oncc2C(=O)C2CC2)cc1. The number of aromatic nitrogens is 1. The van der Waals surface area contributed by atoms with Gasteiger partial charge in [0.1, 0.15) is 0 Å². The van der Waals surface area contributed by atoms with Gasteiger partial charge in [-0.1, -0.05) is 5.16 Å². The van der Waals surface area contributed by atoms with Crippen LogP contribution in [0.3, 0.4) is 0 Å². The molecule has 0 aliphatic heterocycles. The van der Waals surface area contributed by atoms with Crippen LogP contribution >= 0.6 is 0 Å². The molecule has 1 aliphatic rings. The zero-order valence-electron chi connectivity index (χ0n) is 9.59. The number of ketones is 1. The number of Topliss-reactive ketones (excluding diaryl/α,β-unsaturated/α-hetero) is 1. The summed E-state index contributed by atoms with van der Waals surface area (Å²) in [6.07, 6.45) is 3.39. The first-order valence-electron chi connectivity index (χ1n) is 5.79. The number of rotatable bonds is 3. The summed E-state index contributed by atoms with van der Waals surface area (Å²) in [5.74, 6) is 0.744. The Kier molecular flexibility index (Phi) is 2.45. The first-order valence-corrected chi connectivity index (χ1v) is 5.79. The van der Waals surface area contributed by atoms with Crippen LogP contribution in [-0.4, -0.2) is 10.9 Å². The first-order chi connectivity index (χ1) is 8.79. The Morgan fingerprint density at radius 3 is 2.67 bits per heavy atom. The normalized spacial score (nSPS) is 14.2. The van der Waals surface area contributed by atoms with Crippen molar-refractivity contribution in [2.45, 2.75) is 12.8 Å². The van der Waals surface area contributed by atoms with Crippen LogP contribution in [0.1, 0.15) is 28.8 Å². The average molecular weight is 238 g/mol. The molecule has 18 heavy (non-hydrogen) atoms. The van der Waals surface area contributed by atoms with E-state index in [0.717, 1.165) is 18.4 Å².